The van der Waals surface area contributed by atoms with Gasteiger partial charge in [0.05, 0.1) is 0 Å². The van der Waals surface area contributed by atoms with Crippen LogP contribution in [-0.2, 0) is 17.8 Å². The van der Waals surface area contributed by atoms with Gasteiger partial charge in [-0.3, -0.25) is 0 Å². The predicted molar refractivity (Wildman–Crippen MR) is 94.6 cm³/mol. The standard InChI is InChI=1S/C21H21NO/c1-15-2-6-17(7-3-15)18-8-9-21-20(12-18)19(10-11-23)14-22(21)13-16-4-5-16/h2-3,6-9,11-12,14,16H,4-5,10,13H2,1H3. The summed E-state index contributed by atoms with van der Waals surface area (Å²) in [5.41, 5.74) is 6.11. The van der Waals surface area contributed by atoms with Crippen LogP contribution in [0.5, 0.6) is 0 Å². The molecule has 1 aliphatic rings. The van der Waals surface area contributed by atoms with Gasteiger partial charge in [0, 0.05) is 30.1 Å². The van der Waals surface area contributed by atoms with Gasteiger partial charge in [0.15, 0.2) is 0 Å². The molecule has 0 bridgehead atoms. The van der Waals surface area contributed by atoms with Crippen LogP contribution in [0, 0.1) is 12.8 Å². The fraction of sp³-hybridized carbons (Fsp3) is 0.286. The molecule has 1 aromatic heterocycles. The van der Waals surface area contributed by atoms with Crippen molar-refractivity contribution in [1.29, 1.82) is 0 Å². The Hall–Kier alpha value is -2.35. The van der Waals surface area contributed by atoms with Gasteiger partial charge in [-0.25, -0.2) is 0 Å². The van der Waals surface area contributed by atoms with E-state index in [1.165, 1.54) is 40.4 Å². The summed E-state index contributed by atoms with van der Waals surface area (Å²) < 4.78 is 2.34. The second kappa shape index (κ2) is 5.69. The van der Waals surface area contributed by atoms with E-state index >= 15 is 0 Å². The zero-order valence-electron chi connectivity index (χ0n) is 13.5. The number of nitrogens with zero attached hydrogens (tertiary/aromatic N) is 1. The molecule has 2 nitrogen and oxygen atoms in total. The monoisotopic (exact) mass is 303 g/mol. The van der Waals surface area contributed by atoms with Crippen molar-refractivity contribution in [2.45, 2.75) is 32.7 Å². The summed E-state index contributed by atoms with van der Waals surface area (Å²) in [5, 5.41) is 1.22. The lowest BCUT2D eigenvalue weighted by Crippen LogP contribution is -1.97. The number of hydrogen-bond donors (Lipinski definition) is 0. The number of hydrogen-bond acceptors (Lipinski definition) is 1. The highest BCUT2D eigenvalue weighted by Crippen LogP contribution is 2.34. The van der Waals surface area contributed by atoms with E-state index in [0.717, 1.165) is 24.3 Å². The first-order valence-electron chi connectivity index (χ1n) is 8.37. The van der Waals surface area contributed by atoms with Crippen molar-refractivity contribution >= 4 is 17.2 Å². The molecule has 2 heteroatoms. The summed E-state index contributed by atoms with van der Waals surface area (Å²) in [6.45, 7) is 3.19. The fourth-order valence-corrected chi connectivity index (χ4v) is 3.28. The van der Waals surface area contributed by atoms with E-state index < -0.39 is 0 Å². The molecule has 0 atom stereocenters. The molecule has 3 aromatic rings. The van der Waals surface area contributed by atoms with Crippen LogP contribution in [-0.4, -0.2) is 10.9 Å². The number of benzene rings is 2. The predicted octanol–water partition coefficient (Wildman–Crippen LogP) is 4.77. The minimum Gasteiger partial charge on any atom is -0.347 e. The average Bonchev–Trinajstić information content (AvgIpc) is 3.32. The van der Waals surface area contributed by atoms with Crippen molar-refractivity contribution in [3.63, 3.8) is 0 Å². The van der Waals surface area contributed by atoms with Gasteiger partial charge in [-0.2, -0.15) is 0 Å². The SMILES string of the molecule is Cc1ccc(-c2ccc3c(c2)c(CC=O)cn3CC2CC2)cc1. The van der Waals surface area contributed by atoms with Crippen LogP contribution < -0.4 is 0 Å². The molecule has 2 aromatic carbocycles. The van der Waals surface area contributed by atoms with Gasteiger partial charge in [0.1, 0.15) is 6.29 Å². The smallest absolute Gasteiger partial charge is 0.124 e. The van der Waals surface area contributed by atoms with Crippen LogP contribution in [0.15, 0.2) is 48.7 Å². The molecule has 116 valence electrons. The Labute approximate surface area is 136 Å². The van der Waals surface area contributed by atoms with Gasteiger partial charge in [-0.15, -0.1) is 0 Å². The maximum Gasteiger partial charge on any atom is 0.124 e. The molecule has 1 aliphatic carbocycles. The minimum atomic E-state index is 0.492. The number of carbonyl (C=O) groups is 1. The number of rotatable bonds is 5. The molecule has 0 radical (unpaired) electrons. The molecule has 23 heavy (non-hydrogen) atoms. The number of aldehydes is 1. The van der Waals surface area contributed by atoms with E-state index in [4.69, 9.17) is 0 Å². The molecule has 0 aliphatic heterocycles. The first-order valence-corrected chi connectivity index (χ1v) is 8.37. The molecule has 4 rings (SSSR count). The zero-order valence-corrected chi connectivity index (χ0v) is 13.5. The number of aryl methyl sites for hydroxylation is 1. The zero-order chi connectivity index (χ0) is 15.8. The van der Waals surface area contributed by atoms with Gasteiger partial charge in [0.25, 0.3) is 0 Å². The lowest BCUT2D eigenvalue weighted by atomic mass is 10.0. The summed E-state index contributed by atoms with van der Waals surface area (Å²) in [5.74, 6) is 0.825. The van der Waals surface area contributed by atoms with E-state index in [1.807, 2.05) is 0 Å². The highest BCUT2D eigenvalue weighted by atomic mass is 16.1. The fourth-order valence-electron chi connectivity index (χ4n) is 3.28. The third kappa shape index (κ3) is 2.81. The van der Waals surface area contributed by atoms with E-state index in [-0.39, 0.29) is 0 Å². The van der Waals surface area contributed by atoms with E-state index in [2.05, 4.69) is 60.2 Å². The first kappa shape index (κ1) is 14.3. The van der Waals surface area contributed by atoms with Crippen molar-refractivity contribution in [3.05, 3.63) is 59.8 Å². The topological polar surface area (TPSA) is 22.0 Å². The third-order valence-electron chi connectivity index (χ3n) is 4.80. The van der Waals surface area contributed by atoms with Crippen molar-refractivity contribution in [2.24, 2.45) is 5.92 Å². The number of aromatic nitrogens is 1. The number of carbonyl (C=O) groups excluding carboxylic acids is 1. The van der Waals surface area contributed by atoms with E-state index in [0.29, 0.717) is 6.42 Å². The van der Waals surface area contributed by atoms with Crippen molar-refractivity contribution < 1.29 is 4.79 Å². The van der Waals surface area contributed by atoms with Crippen molar-refractivity contribution in [3.8, 4) is 11.1 Å². The molecule has 1 fully saturated rings. The van der Waals surface area contributed by atoms with Crippen LogP contribution in [0.1, 0.15) is 24.0 Å². The Bertz CT molecular complexity index is 853. The Morgan fingerprint density at radius 1 is 1.09 bits per heavy atom. The molecular weight excluding hydrogens is 282 g/mol. The second-order valence-electron chi connectivity index (χ2n) is 6.72. The highest BCUT2D eigenvalue weighted by Gasteiger charge is 2.22. The van der Waals surface area contributed by atoms with Crippen LogP contribution in [0.2, 0.25) is 0 Å². The summed E-state index contributed by atoms with van der Waals surface area (Å²) >= 11 is 0. The third-order valence-corrected chi connectivity index (χ3v) is 4.80. The molecule has 0 saturated heterocycles. The molecular formula is C21H21NO. The maximum atomic E-state index is 11.0. The molecule has 1 saturated carbocycles. The lowest BCUT2D eigenvalue weighted by molar-refractivity contribution is -0.107. The number of fused-ring (bicyclic) bond motifs is 1. The van der Waals surface area contributed by atoms with Gasteiger partial charge < -0.3 is 9.36 Å². The van der Waals surface area contributed by atoms with Gasteiger partial charge in [0.2, 0.25) is 0 Å². The Morgan fingerprint density at radius 2 is 1.83 bits per heavy atom. The first-order chi connectivity index (χ1) is 11.2. The van der Waals surface area contributed by atoms with Crippen LogP contribution >= 0.6 is 0 Å². The second-order valence-corrected chi connectivity index (χ2v) is 6.72. The summed E-state index contributed by atoms with van der Waals surface area (Å²) in [6, 6.07) is 15.3. The minimum absolute atomic E-state index is 0.492. The molecule has 0 amide bonds. The van der Waals surface area contributed by atoms with Gasteiger partial charge in [-0.05, 0) is 54.5 Å². The summed E-state index contributed by atoms with van der Waals surface area (Å²) in [7, 11) is 0. The van der Waals surface area contributed by atoms with Crippen LogP contribution in [0.25, 0.3) is 22.0 Å². The average molecular weight is 303 g/mol. The van der Waals surface area contributed by atoms with Crippen LogP contribution in [0.3, 0.4) is 0 Å². The normalized spacial score (nSPS) is 14.3. The molecule has 0 N–H and O–H groups in total. The molecule has 1 heterocycles. The summed E-state index contributed by atoms with van der Waals surface area (Å²) in [6.07, 6.45) is 6.35. The highest BCUT2D eigenvalue weighted by molar-refractivity contribution is 5.90. The van der Waals surface area contributed by atoms with E-state index in [9.17, 15) is 4.79 Å². The van der Waals surface area contributed by atoms with E-state index in [1.54, 1.807) is 0 Å². The lowest BCUT2D eigenvalue weighted by Gasteiger charge is -2.06. The Morgan fingerprint density at radius 3 is 2.52 bits per heavy atom. The molecule has 0 spiro atoms. The van der Waals surface area contributed by atoms with Crippen molar-refractivity contribution in [1.82, 2.24) is 4.57 Å². The molecule has 0 unspecified atom stereocenters. The van der Waals surface area contributed by atoms with Crippen LogP contribution in [0.4, 0.5) is 0 Å². The van der Waals surface area contributed by atoms with Crippen molar-refractivity contribution in [2.75, 3.05) is 0 Å². The van der Waals surface area contributed by atoms with Gasteiger partial charge in [-0.1, -0.05) is 35.9 Å². The Balaban J connectivity index is 1.80. The quantitative estimate of drug-likeness (QED) is 0.622. The van der Waals surface area contributed by atoms with Gasteiger partial charge >= 0.3 is 0 Å². The summed E-state index contributed by atoms with van der Waals surface area (Å²) in [4.78, 5) is 11.0. The largest absolute Gasteiger partial charge is 0.347 e. The maximum absolute atomic E-state index is 11.0. The Kier molecular flexibility index (Phi) is 3.53.